The molecule has 1 fully saturated rings. The monoisotopic (exact) mass is 171 g/mol. The highest BCUT2D eigenvalue weighted by Crippen LogP contribution is 2.09. The lowest BCUT2D eigenvalue weighted by molar-refractivity contribution is -0.148. The molecule has 1 aliphatic heterocycles. The van der Waals surface area contributed by atoms with Gasteiger partial charge in [0.05, 0.1) is 6.61 Å². The summed E-state index contributed by atoms with van der Waals surface area (Å²) in [5.41, 5.74) is 0. The smallest absolute Gasteiger partial charge is 0.328 e. The first-order valence-corrected chi connectivity index (χ1v) is 4.20. The van der Waals surface area contributed by atoms with Crippen LogP contribution in [-0.2, 0) is 14.3 Å². The van der Waals surface area contributed by atoms with Crippen molar-refractivity contribution in [1.29, 1.82) is 0 Å². The number of hydrogen-bond acceptors (Lipinski definition) is 3. The van der Waals surface area contributed by atoms with E-state index in [1.54, 1.807) is 6.92 Å². The first-order chi connectivity index (χ1) is 5.74. The van der Waals surface area contributed by atoms with Crippen LogP contribution in [0.15, 0.2) is 0 Å². The van der Waals surface area contributed by atoms with Gasteiger partial charge in [-0.15, -0.1) is 0 Å². The summed E-state index contributed by atoms with van der Waals surface area (Å²) in [6.45, 7) is 2.12. The Hall–Kier alpha value is -1.06. The van der Waals surface area contributed by atoms with Crippen molar-refractivity contribution in [2.75, 3.05) is 6.61 Å². The number of piperidine rings is 1. The number of amides is 1. The highest BCUT2D eigenvalue weighted by atomic mass is 16.5. The minimum Gasteiger partial charge on any atom is -0.464 e. The Morgan fingerprint density at radius 1 is 1.75 bits per heavy atom. The maximum atomic E-state index is 11.1. The van der Waals surface area contributed by atoms with Gasteiger partial charge in [-0.3, -0.25) is 4.79 Å². The van der Waals surface area contributed by atoms with Crippen LogP contribution in [-0.4, -0.2) is 24.5 Å². The van der Waals surface area contributed by atoms with Gasteiger partial charge >= 0.3 is 5.97 Å². The molecule has 0 bridgehead atoms. The molecule has 1 amide bonds. The van der Waals surface area contributed by atoms with Crippen molar-refractivity contribution in [2.45, 2.75) is 32.2 Å². The van der Waals surface area contributed by atoms with Crippen LogP contribution >= 0.6 is 0 Å². The second-order valence-electron chi connectivity index (χ2n) is 2.76. The zero-order chi connectivity index (χ0) is 8.97. The van der Waals surface area contributed by atoms with Gasteiger partial charge in [0.1, 0.15) is 6.04 Å². The highest BCUT2D eigenvalue weighted by Gasteiger charge is 2.25. The maximum absolute atomic E-state index is 11.1. The van der Waals surface area contributed by atoms with Crippen LogP contribution in [0.3, 0.4) is 0 Å². The summed E-state index contributed by atoms with van der Waals surface area (Å²) in [7, 11) is 0. The molecule has 0 aromatic rings. The summed E-state index contributed by atoms with van der Waals surface area (Å²) in [4.78, 5) is 22.0. The summed E-state index contributed by atoms with van der Waals surface area (Å²) < 4.78 is 4.78. The number of carbonyl (C=O) groups excluding carboxylic acids is 2. The maximum Gasteiger partial charge on any atom is 0.328 e. The van der Waals surface area contributed by atoms with Gasteiger partial charge in [0.25, 0.3) is 0 Å². The summed E-state index contributed by atoms with van der Waals surface area (Å²) in [6.07, 6.45) is 2.00. The first kappa shape index (κ1) is 9.03. The van der Waals surface area contributed by atoms with Gasteiger partial charge in [0.2, 0.25) is 5.91 Å². The Morgan fingerprint density at radius 2 is 2.50 bits per heavy atom. The number of ether oxygens (including phenoxy) is 1. The molecule has 0 aliphatic carbocycles. The molecule has 0 aromatic heterocycles. The topological polar surface area (TPSA) is 55.4 Å². The van der Waals surface area contributed by atoms with Gasteiger partial charge < -0.3 is 10.1 Å². The van der Waals surface area contributed by atoms with Gasteiger partial charge in [0, 0.05) is 6.42 Å². The van der Waals surface area contributed by atoms with E-state index in [2.05, 4.69) is 5.32 Å². The molecular weight excluding hydrogens is 158 g/mol. The van der Waals surface area contributed by atoms with Crippen LogP contribution < -0.4 is 5.32 Å². The van der Waals surface area contributed by atoms with Crippen molar-refractivity contribution in [3.63, 3.8) is 0 Å². The van der Waals surface area contributed by atoms with Gasteiger partial charge in [-0.1, -0.05) is 0 Å². The predicted molar refractivity (Wildman–Crippen MR) is 42.4 cm³/mol. The second-order valence-corrected chi connectivity index (χ2v) is 2.76. The fourth-order valence-corrected chi connectivity index (χ4v) is 1.23. The van der Waals surface area contributed by atoms with Crippen LogP contribution in [0.5, 0.6) is 0 Å². The lowest BCUT2D eigenvalue weighted by Gasteiger charge is -2.20. The number of hydrogen-bond donors (Lipinski definition) is 1. The zero-order valence-electron chi connectivity index (χ0n) is 7.13. The fourth-order valence-electron chi connectivity index (χ4n) is 1.23. The average molecular weight is 171 g/mol. The number of nitrogens with one attached hydrogen (secondary N) is 1. The largest absolute Gasteiger partial charge is 0.464 e. The lowest BCUT2D eigenvalue weighted by Crippen LogP contribution is -2.44. The molecule has 0 spiro atoms. The molecule has 0 saturated carbocycles. The minimum atomic E-state index is -0.411. The third-order valence-electron chi connectivity index (χ3n) is 1.80. The second kappa shape index (κ2) is 4.09. The molecule has 1 heterocycles. The zero-order valence-corrected chi connectivity index (χ0v) is 7.13. The normalized spacial score (nSPS) is 23.1. The summed E-state index contributed by atoms with van der Waals surface area (Å²) in [6, 6.07) is -0.411. The molecular formula is C8H13NO3. The Labute approximate surface area is 71.3 Å². The van der Waals surface area contributed by atoms with E-state index in [1.165, 1.54) is 0 Å². The number of carbonyl (C=O) groups is 2. The third-order valence-corrected chi connectivity index (χ3v) is 1.80. The van der Waals surface area contributed by atoms with E-state index in [-0.39, 0.29) is 11.9 Å². The molecule has 4 heteroatoms. The highest BCUT2D eigenvalue weighted by molar-refractivity contribution is 5.85. The standard InChI is InChI=1S/C8H13NO3/c1-2-12-8(11)6-4-3-5-7(10)9-6/h6H,2-5H2,1H3,(H,9,10). The predicted octanol–water partition coefficient (Wildman–Crippen LogP) is 0.218. The summed E-state index contributed by atoms with van der Waals surface area (Å²) in [5.74, 6) is -0.371. The van der Waals surface area contributed by atoms with Gasteiger partial charge in [-0.25, -0.2) is 4.79 Å². The first-order valence-electron chi connectivity index (χ1n) is 4.20. The average Bonchev–Trinajstić information content (AvgIpc) is 2.05. The van der Waals surface area contributed by atoms with E-state index in [4.69, 9.17) is 4.74 Å². The molecule has 1 atom stereocenters. The van der Waals surface area contributed by atoms with Crippen LogP contribution in [0.4, 0.5) is 0 Å². The van der Waals surface area contributed by atoms with E-state index in [1.807, 2.05) is 0 Å². The molecule has 12 heavy (non-hydrogen) atoms. The van der Waals surface area contributed by atoms with Crippen LogP contribution in [0.25, 0.3) is 0 Å². The molecule has 1 aliphatic rings. The van der Waals surface area contributed by atoms with Crippen molar-refractivity contribution in [3.8, 4) is 0 Å². The van der Waals surface area contributed by atoms with Gasteiger partial charge in [-0.2, -0.15) is 0 Å². The van der Waals surface area contributed by atoms with Crippen molar-refractivity contribution in [2.24, 2.45) is 0 Å². The van der Waals surface area contributed by atoms with Crippen LogP contribution in [0.1, 0.15) is 26.2 Å². The summed E-state index contributed by atoms with van der Waals surface area (Å²) in [5, 5.41) is 2.59. The fraction of sp³-hybridized carbons (Fsp3) is 0.750. The minimum absolute atomic E-state index is 0.0562. The molecule has 1 rings (SSSR count). The third kappa shape index (κ3) is 2.22. The number of rotatable bonds is 2. The Balaban J connectivity index is 2.40. The van der Waals surface area contributed by atoms with Crippen molar-refractivity contribution in [1.82, 2.24) is 5.32 Å². The summed E-state index contributed by atoms with van der Waals surface area (Å²) >= 11 is 0. The Kier molecular flexibility index (Phi) is 3.08. The quantitative estimate of drug-likeness (QED) is 0.604. The SMILES string of the molecule is CCOC(=O)C1CCCC(=O)N1. The molecule has 0 aromatic carbocycles. The van der Waals surface area contributed by atoms with E-state index in [0.717, 1.165) is 6.42 Å². The molecule has 68 valence electrons. The van der Waals surface area contributed by atoms with Gasteiger partial charge in [-0.05, 0) is 19.8 Å². The Bertz CT molecular complexity index is 191. The molecule has 1 unspecified atom stereocenters. The van der Waals surface area contributed by atoms with Crippen molar-refractivity contribution >= 4 is 11.9 Å². The lowest BCUT2D eigenvalue weighted by atomic mass is 10.0. The Morgan fingerprint density at radius 3 is 3.08 bits per heavy atom. The number of esters is 1. The molecule has 1 N–H and O–H groups in total. The molecule has 0 radical (unpaired) electrons. The molecule has 4 nitrogen and oxygen atoms in total. The van der Waals surface area contributed by atoms with Crippen molar-refractivity contribution in [3.05, 3.63) is 0 Å². The molecule has 1 saturated heterocycles. The van der Waals surface area contributed by atoms with E-state index in [9.17, 15) is 9.59 Å². The van der Waals surface area contributed by atoms with Crippen molar-refractivity contribution < 1.29 is 14.3 Å². The van der Waals surface area contributed by atoms with E-state index >= 15 is 0 Å². The van der Waals surface area contributed by atoms with E-state index < -0.39 is 6.04 Å². The van der Waals surface area contributed by atoms with Crippen LogP contribution in [0, 0.1) is 0 Å². The van der Waals surface area contributed by atoms with E-state index in [0.29, 0.717) is 19.4 Å². The van der Waals surface area contributed by atoms with Crippen LogP contribution in [0.2, 0.25) is 0 Å². The van der Waals surface area contributed by atoms with Gasteiger partial charge in [0.15, 0.2) is 0 Å².